The van der Waals surface area contributed by atoms with Crippen molar-refractivity contribution in [3.05, 3.63) is 0 Å². The summed E-state index contributed by atoms with van der Waals surface area (Å²) >= 11 is 0. The summed E-state index contributed by atoms with van der Waals surface area (Å²) in [5.41, 5.74) is 0.126. The molecule has 3 heteroatoms. The Morgan fingerprint density at radius 2 is 1.81 bits per heavy atom. The van der Waals surface area contributed by atoms with Gasteiger partial charge in [0.1, 0.15) is 11.7 Å². The molecule has 116 valence electrons. The highest BCUT2D eigenvalue weighted by molar-refractivity contribution is 5.88. The zero-order valence-electron chi connectivity index (χ0n) is 12.9. The van der Waals surface area contributed by atoms with Crippen molar-refractivity contribution in [3.8, 4) is 0 Å². The van der Waals surface area contributed by atoms with Crippen LogP contribution in [0.2, 0.25) is 0 Å². The lowest BCUT2D eigenvalue weighted by atomic mass is 9.50. The van der Waals surface area contributed by atoms with Crippen LogP contribution in [-0.4, -0.2) is 28.7 Å². The molecule has 21 heavy (non-hydrogen) atoms. The van der Waals surface area contributed by atoms with E-state index >= 15 is 0 Å². The van der Waals surface area contributed by atoms with Crippen molar-refractivity contribution < 1.29 is 14.6 Å². The Labute approximate surface area is 126 Å². The van der Waals surface area contributed by atoms with Crippen molar-refractivity contribution in [1.82, 2.24) is 0 Å². The SMILES string of the molecule is CC12CCC3C(CCC45OC4C(=O)CCC35)C1CCC2O. The number of epoxide rings is 1. The average Bonchev–Trinajstić information content (AvgIpc) is 3.13. The van der Waals surface area contributed by atoms with Gasteiger partial charge in [-0.2, -0.15) is 0 Å². The van der Waals surface area contributed by atoms with E-state index in [4.69, 9.17) is 4.74 Å². The number of aliphatic hydroxyl groups is 1. The third kappa shape index (κ3) is 1.45. The van der Waals surface area contributed by atoms with Gasteiger partial charge in [0, 0.05) is 6.42 Å². The molecule has 1 heterocycles. The summed E-state index contributed by atoms with van der Waals surface area (Å²) in [7, 11) is 0. The fraction of sp³-hybridized carbons (Fsp3) is 0.944. The van der Waals surface area contributed by atoms with E-state index in [0.29, 0.717) is 17.6 Å². The van der Waals surface area contributed by atoms with Gasteiger partial charge in [-0.25, -0.2) is 0 Å². The Morgan fingerprint density at radius 1 is 1.05 bits per heavy atom. The molecule has 4 aliphatic carbocycles. The lowest BCUT2D eigenvalue weighted by Gasteiger charge is -2.54. The maximum absolute atomic E-state index is 12.0. The first-order chi connectivity index (χ1) is 10.1. The Balaban J connectivity index is 1.46. The van der Waals surface area contributed by atoms with Gasteiger partial charge < -0.3 is 9.84 Å². The predicted molar refractivity (Wildman–Crippen MR) is 77.6 cm³/mol. The maximum atomic E-state index is 12.0. The summed E-state index contributed by atoms with van der Waals surface area (Å²) in [5.74, 6) is 3.22. The predicted octanol–water partition coefficient (Wildman–Crippen LogP) is 2.70. The quantitative estimate of drug-likeness (QED) is 0.698. The number of carbonyl (C=O) groups excluding carboxylic acids is 1. The Bertz CT molecular complexity index is 503. The number of ketones is 1. The lowest BCUT2D eigenvalue weighted by molar-refractivity contribution is -0.123. The molecule has 0 aromatic heterocycles. The van der Waals surface area contributed by atoms with Crippen molar-refractivity contribution in [2.45, 2.75) is 76.1 Å². The molecule has 1 spiro atoms. The summed E-state index contributed by atoms with van der Waals surface area (Å²) < 4.78 is 5.99. The van der Waals surface area contributed by atoms with Gasteiger partial charge in [-0.3, -0.25) is 4.79 Å². The number of ether oxygens (including phenoxy) is 1. The van der Waals surface area contributed by atoms with E-state index in [0.717, 1.165) is 37.5 Å². The fourth-order valence-electron chi connectivity index (χ4n) is 7.03. The zero-order chi connectivity index (χ0) is 14.4. The van der Waals surface area contributed by atoms with E-state index in [1.807, 2.05) is 0 Å². The minimum Gasteiger partial charge on any atom is -0.393 e. The normalized spacial score (nSPS) is 61.5. The van der Waals surface area contributed by atoms with Crippen molar-refractivity contribution in [3.63, 3.8) is 0 Å². The number of aliphatic hydroxyl groups excluding tert-OH is 1. The molecule has 5 fully saturated rings. The lowest BCUT2D eigenvalue weighted by Crippen LogP contribution is -2.52. The minimum atomic E-state index is -0.0859. The van der Waals surface area contributed by atoms with E-state index in [1.165, 1.54) is 25.7 Å². The van der Waals surface area contributed by atoms with E-state index in [9.17, 15) is 9.90 Å². The first-order valence-corrected chi connectivity index (χ1v) is 8.95. The standard InChI is InChI=1S/C18H26O3/c1-17-8-6-11-10(12(17)3-5-15(17)20)7-9-18-13(11)2-4-14(19)16(18)21-18/h10-13,15-16,20H,2-9H2,1H3. The van der Waals surface area contributed by atoms with Crippen molar-refractivity contribution in [2.24, 2.45) is 29.1 Å². The maximum Gasteiger partial charge on any atom is 0.164 e. The molecule has 5 rings (SSSR count). The summed E-state index contributed by atoms with van der Waals surface area (Å²) in [6.45, 7) is 2.33. The second-order valence-corrected chi connectivity index (χ2v) is 8.67. The molecular weight excluding hydrogens is 264 g/mol. The van der Waals surface area contributed by atoms with Gasteiger partial charge in [0.25, 0.3) is 0 Å². The molecule has 3 nitrogen and oxygen atoms in total. The molecule has 5 aliphatic rings. The van der Waals surface area contributed by atoms with Crippen molar-refractivity contribution >= 4 is 5.78 Å². The smallest absolute Gasteiger partial charge is 0.164 e. The molecule has 8 unspecified atom stereocenters. The Kier molecular flexibility index (Phi) is 2.44. The molecule has 0 radical (unpaired) electrons. The van der Waals surface area contributed by atoms with Crippen LogP contribution in [0.5, 0.6) is 0 Å². The second kappa shape index (κ2) is 3.91. The first kappa shape index (κ1) is 13.1. The van der Waals surface area contributed by atoms with Gasteiger partial charge in [0.05, 0.1) is 6.10 Å². The largest absolute Gasteiger partial charge is 0.393 e. The van der Waals surface area contributed by atoms with Gasteiger partial charge in [-0.15, -0.1) is 0 Å². The van der Waals surface area contributed by atoms with Crippen LogP contribution in [0.3, 0.4) is 0 Å². The van der Waals surface area contributed by atoms with Gasteiger partial charge >= 0.3 is 0 Å². The van der Waals surface area contributed by atoms with E-state index in [-0.39, 0.29) is 23.2 Å². The Morgan fingerprint density at radius 3 is 2.67 bits per heavy atom. The molecule has 0 aromatic carbocycles. The number of fused-ring (bicyclic) bond motifs is 4. The second-order valence-electron chi connectivity index (χ2n) is 8.67. The van der Waals surface area contributed by atoms with Gasteiger partial charge in [0.2, 0.25) is 0 Å². The van der Waals surface area contributed by atoms with Crippen LogP contribution in [0.4, 0.5) is 0 Å². The number of hydrogen-bond acceptors (Lipinski definition) is 3. The van der Waals surface area contributed by atoms with Crippen molar-refractivity contribution in [2.75, 3.05) is 0 Å². The third-order valence-corrected chi connectivity index (χ3v) is 8.17. The topological polar surface area (TPSA) is 49.8 Å². The number of carbonyl (C=O) groups is 1. The van der Waals surface area contributed by atoms with E-state index < -0.39 is 0 Å². The number of rotatable bonds is 0. The van der Waals surface area contributed by atoms with Crippen LogP contribution in [0.1, 0.15) is 58.3 Å². The number of Topliss-reactive ketones (excluding diaryl/α,β-unsaturated/α-hetero) is 1. The highest BCUT2D eigenvalue weighted by Gasteiger charge is 2.71. The molecular formula is C18H26O3. The molecule has 0 aromatic rings. The van der Waals surface area contributed by atoms with Crippen LogP contribution in [0.25, 0.3) is 0 Å². The summed E-state index contributed by atoms with van der Waals surface area (Å²) in [4.78, 5) is 12.0. The molecule has 1 N–H and O–H groups in total. The molecule has 4 saturated carbocycles. The summed E-state index contributed by atoms with van der Waals surface area (Å²) in [6.07, 6.45) is 8.61. The monoisotopic (exact) mass is 290 g/mol. The third-order valence-electron chi connectivity index (χ3n) is 8.17. The summed E-state index contributed by atoms with van der Waals surface area (Å²) in [5, 5.41) is 10.4. The van der Waals surface area contributed by atoms with Crippen LogP contribution in [-0.2, 0) is 9.53 Å². The van der Waals surface area contributed by atoms with Crippen LogP contribution in [0.15, 0.2) is 0 Å². The van der Waals surface area contributed by atoms with Gasteiger partial charge in [0.15, 0.2) is 5.78 Å². The van der Waals surface area contributed by atoms with Crippen LogP contribution >= 0.6 is 0 Å². The Hall–Kier alpha value is -0.410. The zero-order valence-corrected chi connectivity index (χ0v) is 12.9. The molecule has 1 aliphatic heterocycles. The molecule has 0 bridgehead atoms. The fourth-order valence-corrected chi connectivity index (χ4v) is 7.03. The highest BCUT2D eigenvalue weighted by atomic mass is 16.6. The highest BCUT2D eigenvalue weighted by Crippen LogP contribution is 2.67. The first-order valence-electron chi connectivity index (χ1n) is 8.95. The minimum absolute atomic E-state index is 0.0402. The van der Waals surface area contributed by atoms with Crippen molar-refractivity contribution in [1.29, 1.82) is 0 Å². The van der Waals surface area contributed by atoms with Gasteiger partial charge in [-0.05, 0) is 74.0 Å². The van der Waals surface area contributed by atoms with E-state index in [2.05, 4.69) is 6.92 Å². The average molecular weight is 290 g/mol. The van der Waals surface area contributed by atoms with Crippen LogP contribution in [0, 0.1) is 29.1 Å². The summed E-state index contributed by atoms with van der Waals surface area (Å²) in [6, 6.07) is 0. The van der Waals surface area contributed by atoms with E-state index in [1.54, 1.807) is 0 Å². The van der Waals surface area contributed by atoms with Crippen LogP contribution < -0.4 is 0 Å². The molecule has 1 saturated heterocycles. The van der Waals surface area contributed by atoms with Gasteiger partial charge in [-0.1, -0.05) is 6.92 Å². The molecule has 8 atom stereocenters. The number of hydrogen-bond donors (Lipinski definition) is 1. The molecule has 0 amide bonds.